The first-order chi connectivity index (χ1) is 21.0. The minimum atomic E-state index is -2.53. The van der Waals surface area contributed by atoms with E-state index in [2.05, 4.69) is 0 Å². The molecule has 0 amide bonds. The third-order valence-electron chi connectivity index (χ3n) is 7.59. The van der Waals surface area contributed by atoms with Gasteiger partial charge in [-0.3, -0.25) is 4.79 Å². The number of unbranched alkanes of at least 4 members (excludes halogenated alkanes) is 7. The molecule has 0 N–H and O–H groups in total. The lowest BCUT2D eigenvalue weighted by Crippen LogP contribution is -2.45. The van der Waals surface area contributed by atoms with Gasteiger partial charge in [0.25, 0.3) is 0 Å². The molecule has 0 fully saturated rings. The highest BCUT2D eigenvalue weighted by Gasteiger charge is 2.42. The zero-order chi connectivity index (χ0) is 30.8. The van der Waals surface area contributed by atoms with Gasteiger partial charge < -0.3 is 18.0 Å². The van der Waals surface area contributed by atoms with Crippen molar-refractivity contribution in [1.82, 2.24) is 0 Å². The molecule has 43 heavy (non-hydrogen) atoms. The zero-order valence-electron chi connectivity index (χ0n) is 26.2. The molecule has 0 bridgehead atoms. The molecular weight excluding hydrogens is 576 g/mol. The van der Waals surface area contributed by atoms with Gasteiger partial charge in [0.2, 0.25) is 0 Å². The zero-order valence-corrected chi connectivity index (χ0v) is 28.0. The lowest BCUT2D eigenvalue weighted by atomic mass is 9.80. The fourth-order valence-corrected chi connectivity index (χ4v) is 8.59. The summed E-state index contributed by atoms with van der Waals surface area (Å²) in [7, 11) is -2.53. The summed E-state index contributed by atoms with van der Waals surface area (Å²) in [6.07, 6.45) is 9.02. The van der Waals surface area contributed by atoms with Crippen LogP contribution in [0, 0.1) is 0 Å². The highest BCUT2D eigenvalue weighted by Crippen LogP contribution is 2.43. The van der Waals surface area contributed by atoms with E-state index >= 15 is 0 Å². The molecule has 0 radical (unpaired) electrons. The number of halogens is 1. The van der Waals surface area contributed by atoms with Crippen LogP contribution in [0.2, 0.25) is 11.1 Å². The van der Waals surface area contributed by atoms with Crippen LogP contribution in [0.5, 0.6) is 0 Å². The van der Waals surface area contributed by atoms with Crippen LogP contribution in [0.25, 0.3) is 0 Å². The van der Waals surface area contributed by atoms with E-state index in [1.807, 2.05) is 106 Å². The predicted molar refractivity (Wildman–Crippen MR) is 177 cm³/mol. The first kappa shape index (κ1) is 35.0. The largest absolute Gasteiger partial charge is 0.500 e. The molecule has 0 spiro atoms. The van der Waals surface area contributed by atoms with Crippen LogP contribution in [-0.4, -0.2) is 34.6 Å². The molecule has 0 unspecified atom stereocenters. The van der Waals surface area contributed by atoms with Crippen molar-refractivity contribution in [3.63, 3.8) is 0 Å². The van der Waals surface area contributed by atoms with Crippen LogP contribution >= 0.6 is 11.6 Å². The number of carbonyl (C=O) groups excluding carboxylic acids is 1. The van der Waals surface area contributed by atoms with Crippen LogP contribution in [0.4, 0.5) is 0 Å². The Labute approximate surface area is 265 Å². The summed E-state index contributed by atoms with van der Waals surface area (Å²) in [6.45, 7) is 7.88. The molecule has 0 heterocycles. The lowest BCUT2D eigenvalue weighted by Gasteiger charge is -2.36. The fraction of sp³-hybridized carbons (Fsp3) is 0.472. The number of carbonyl (C=O) groups is 1. The van der Waals surface area contributed by atoms with E-state index in [1.54, 1.807) is 0 Å². The normalized spacial score (nSPS) is 11.9. The van der Waals surface area contributed by atoms with Crippen LogP contribution in [0.15, 0.2) is 84.9 Å². The topological polar surface area (TPSA) is 54.0 Å². The van der Waals surface area contributed by atoms with Crippen LogP contribution in [0.1, 0.15) is 95.2 Å². The van der Waals surface area contributed by atoms with Crippen molar-refractivity contribution in [3.8, 4) is 0 Å². The van der Waals surface area contributed by atoms with E-state index in [4.69, 9.17) is 29.6 Å². The van der Waals surface area contributed by atoms with Crippen molar-refractivity contribution in [2.75, 3.05) is 19.8 Å². The number of benzene rings is 3. The SMILES string of the molecule is CCO[Si](CCCCCCCCCCC(=O)OC(c1ccccc1)(c1ccccc1)c1ccccc1Cl)(OCC)OCC. The van der Waals surface area contributed by atoms with Crippen LogP contribution in [0.3, 0.4) is 0 Å². The third-order valence-corrected chi connectivity index (χ3v) is 11.1. The summed E-state index contributed by atoms with van der Waals surface area (Å²) in [6, 6.07) is 28.3. The Morgan fingerprint density at radius 2 is 1.07 bits per heavy atom. The van der Waals surface area contributed by atoms with Crippen molar-refractivity contribution < 1.29 is 22.8 Å². The second-order valence-electron chi connectivity index (χ2n) is 10.7. The van der Waals surface area contributed by atoms with Crippen molar-refractivity contribution in [1.29, 1.82) is 0 Å². The average molecular weight is 625 g/mol. The number of hydrogen-bond donors (Lipinski definition) is 0. The second-order valence-corrected chi connectivity index (χ2v) is 13.8. The minimum Gasteiger partial charge on any atom is -0.444 e. The van der Waals surface area contributed by atoms with Gasteiger partial charge in [0.05, 0.1) is 0 Å². The summed E-state index contributed by atoms with van der Waals surface area (Å²) in [4.78, 5) is 13.4. The van der Waals surface area contributed by atoms with E-state index in [0.717, 1.165) is 61.3 Å². The summed E-state index contributed by atoms with van der Waals surface area (Å²) in [5.74, 6) is -0.224. The molecule has 0 saturated heterocycles. The molecule has 3 aromatic carbocycles. The van der Waals surface area contributed by atoms with Gasteiger partial charge in [-0.1, -0.05) is 129 Å². The summed E-state index contributed by atoms with van der Waals surface area (Å²) < 4.78 is 24.4. The molecule has 0 aliphatic rings. The van der Waals surface area contributed by atoms with Crippen molar-refractivity contribution >= 4 is 26.4 Å². The maximum Gasteiger partial charge on any atom is 0.500 e. The van der Waals surface area contributed by atoms with Crippen LogP contribution in [-0.2, 0) is 28.4 Å². The predicted octanol–water partition coefficient (Wildman–Crippen LogP) is 9.73. The summed E-state index contributed by atoms with van der Waals surface area (Å²) in [5.41, 5.74) is 1.36. The Hall–Kier alpha value is -2.48. The van der Waals surface area contributed by atoms with E-state index in [1.165, 1.54) is 12.8 Å². The Kier molecular flexibility index (Phi) is 15.5. The van der Waals surface area contributed by atoms with E-state index in [-0.39, 0.29) is 5.97 Å². The standard InChI is InChI=1S/C36H49ClO5Si/c1-4-39-43(40-5-2,41-6-3)30-22-12-10-8-7-9-11-19-29-35(38)42-36(31-23-15-13-16-24-31,32-25-17-14-18-26-32)33-27-20-21-28-34(33)37/h13-18,20-21,23-28H,4-12,19,22,29-30H2,1-3H3. The molecule has 3 aromatic rings. The number of esters is 1. The molecule has 0 aliphatic carbocycles. The van der Waals surface area contributed by atoms with Gasteiger partial charge in [-0.15, -0.1) is 0 Å². The maximum atomic E-state index is 13.4. The minimum absolute atomic E-state index is 0.224. The average Bonchev–Trinajstić information content (AvgIpc) is 3.02. The van der Waals surface area contributed by atoms with Crippen molar-refractivity contribution in [3.05, 3.63) is 107 Å². The van der Waals surface area contributed by atoms with Gasteiger partial charge in [-0.25, -0.2) is 0 Å². The molecule has 234 valence electrons. The second kappa shape index (κ2) is 19.0. The number of ether oxygens (including phenoxy) is 1. The summed E-state index contributed by atoms with van der Waals surface area (Å²) >= 11 is 6.76. The van der Waals surface area contributed by atoms with E-state index in [0.29, 0.717) is 31.3 Å². The molecule has 5 nitrogen and oxygen atoms in total. The van der Waals surface area contributed by atoms with Crippen molar-refractivity contribution in [2.24, 2.45) is 0 Å². The van der Waals surface area contributed by atoms with E-state index < -0.39 is 14.4 Å². The molecule has 0 atom stereocenters. The molecule has 0 aliphatic heterocycles. The van der Waals surface area contributed by atoms with Crippen molar-refractivity contribution in [2.45, 2.75) is 90.2 Å². The number of rotatable bonds is 21. The Morgan fingerprint density at radius 3 is 1.56 bits per heavy atom. The molecule has 0 saturated carbocycles. The van der Waals surface area contributed by atoms with E-state index in [9.17, 15) is 4.79 Å². The van der Waals surface area contributed by atoms with Gasteiger partial charge in [0.1, 0.15) is 0 Å². The Bertz CT molecular complexity index is 1130. The van der Waals surface area contributed by atoms with Gasteiger partial charge in [0, 0.05) is 54.0 Å². The first-order valence-electron chi connectivity index (χ1n) is 16.0. The number of hydrogen-bond acceptors (Lipinski definition) is 5. The monoisotopic (exact) mass is 624 g/mol. The van der Waals surface area contributed by atoms with Gasteiger partial charge >= 0.3 is 14.8 Å². The maximum absolute atomic E-state index is 13.4. The summed E-state index contributed by atoms with van der Waals surface area (Å²) in [5, 5.41) is 0.560. The Balaban J connectivity index is 1.51. The van der Waals surface area contributed by atoms with Gasteiger partial charge in [0.15, 0.2) is 5.60 Å². The highest BCUT2D eigenvalue weighted by molar-refractivity contribution is 6.60. The molecule has 3 rings (SSSR count). The van der Waals surface area contributed by atoms with Crippen LogP contribution < -0.4 is 0 Å². The fourth-order valence-electron chi connectivity index (χ4n) is 5.64. The smallest absolute Gasteiger partial charge is 0.444 e. The molecule has 0 aromatic heterocycles. The molecule has 7 heteroatoms. The quantitative estimate of drug-likeness (QED) is 0.0511. The van der Waals surface area contributed by atoms with Gasteiger partial charge in [-0.05, 0) is 39.7 Å². The Morgan fingerprint density at radius 1 is 0.628 bits per heavy atom. The third kappa shape index (κ3) is 10.3. The highest BCUT2D eigenvalue weighted by atomic mass is 35.5. The van der Waals surface area contributed by atoms with Gasteiger partial charge in [-0.2, -0.15) is 0 Å². The molecular formula is C36H49ClO5Si. The first-order valence-corrected chi connectivity index (χ1v) is 18.3. The lowest BCUT2D eigenvalue weighted by molar-refractivity contribution is -0.153.